The van der Waals surface area contributed by atoms with Crippen molar-refractivity contribution < 1.29 is 4.74 Å². The van der Waals surface area contributed by atoms with Gasteiger partial charge in [0.05, 0.1) is 19.2 Å². The summed E-state index contributed by atoms with van der Waals surface area (Å²) in [7, 11) is 1.67. The predicted molar refractivity (Wildman–Crippen MR) is 114 cm³/mol. The van der Waals surface area contributed by atoms with Gasteiger partial charge in [0.25, 0.3) is 5.56 Å². The van der Waals surface area contributed by atoms with Crippen LogP contribution in [0.4, 0.5) is 0 Å². The van der Waals surface area contributed by atoms with Crippen LogP contribution >= 0.6 is 0 Å². The van der Waals surface area contributed by atoms with Crippen molar-refractivity contribution in [2.75, 3.05) is 6.61 Å². The number of aryl methyl sites for hydroxylation is 3. The predicted octanol–water partition coefficient (Wildman–Crippen LogP) is 1.99. The second-order valence-corrected chi connectivity index (χ2v) is 8.19. The van der Waals surface area contributed by atoms with Gasteiger partial charge in [-0.1, -0.05) is 29.8 Å². The van der Waals surface area contributed by atoms with Crippen molar-refractivity contribution in [3.8, 4) is 0 Å². The van der Waals surface area contributed by atoms with Gasteiger partial charge in [0.1, 0.15) is 0 Å². The van der Waals surface area contributed by atoms with Gasteiger partial charge in [-0.25, -0.2) is 4.79 Å². The standard InChI is InChI=1S/C22H25N5O3/c1-14-6-8-16(9-7-14)12-27-20(28)18-19(24(3)22(27)29)23-21-25(15(2)11-26(18)21)13-17-5-4-10-30-17/h6-9,11,17H,4-5,10,12-13H2,1-3H3. The third-order valence-corrected chi connectivity index (χ3v) is 6.01. The Kier molecular flexibility index (Phi) is 4.39. The highest BCUT2D eigenvalue weighted by molar-refractivity contribution is 5.75. The Hall–Kier alpha value is -3.13. The fraction of sp³-hybridized carbons (Fsp3) is 0.409. The molecule has 3 aromatic heterocycles. The summed E-state index contributed by atoms with van der Waals surface area (Å²) in [6.07, 6.45) is 4.16. The SMILES string of the molecule is Cc1ccc(Cn2c(=O)c3c(nc4n(CC5CCCO5)c(C)cn34)n(C)c2=O)cc1. The number of aromatic nitrogens is 5. The lowest BCUT2D eigenvalue weighted by Crippen LogP contribution is -2.39. The Morgan fingerprint density at radius 2 is 1.90 bits per heavy atom. The molecule has 1 atom stereocenters. The van der Waals surface area contributed by atoms with Crippen LogP contribution in [0.25, 0.3) is 16.9 Å². The molecule has 8 heteroatoms. The average molecular weight is 407 g/mol. The maximum absolute atomic E-state index is 13.4. The van der Waals surface area contributed by atoms with Crippen LogP contribution in [-0.4, -0.2) is 35.8 Å². The van der Waals surface area contributed by atoms with E-state index in [0.717, 1.165) is 36.3 Å². The molecule has 1 aliphatic heterocycles. The number of nitrogens with zero attached hydrogens (tertiary/aromatic N) is 5. The largest absolute Gasteiger partial charge is 0.376 e. The molecule has 0 amide bonds. The Morgan fingerprint density at radius 1 is 1.13 bits per heavy atom. The van der Waals surface area contributed by atoms with E-state index in [9.17, 15) is 9.59 Å². The molecule has 1 aromatic carbocycles. The molecule has 4 heterocycles. The van der Waals surface area contributed by atoms with Gasteiger partial charge in [-0.2, -0.15) is 4.98 Å². The van der Waals surface area contributed by atoms with Gasteiger partial charge < -0.3 is 9.30 Å². The van der Waals surface area contributed by atoms with Gasteiger partial charge >= 0.3 is 5.69 Å². The molecule has 0 radical (unpaired) electrons. The Balaban J connectivity index is 1.68. The Bertz CT molecular complexity index is 1360. The van der Waals surface area contributed by atoms with Crippen LogP contribution < -0.4 is 11.2 Å². The summed E-state index contributed by atoms with van der Waals surface area (Å²) >= 11 is 0. The van der Waals surface area contributed by atoms with E-state index in [-0.39, 0.29) is 23.9 Å². The van der Waals surface area contributed by atoms with Crippen LogP contribution in [-0.2, 0) is 24.9 Å². The first-order valence-corrected chi connectivity index (χ1v) is 10.3. The summed E-state index contributed by atoms with van der Waals surface area (Å²) in [6, 6.07) is 7.85. The second-order valence-electron chi connectivity index (χ2n) is 8.19. The molecule has 1 fully saturated rings. The van der Waals surface area contributed by atoms with E-state index in [1.807, 2.05) is 48.7 Å². The minimum absolute atomic E-state index is 0.154. The zero-order valence-corrected chi connectivity index (χ0v) is 17.5. The molecule has 1 aliphatic rings. The van der Waals surface area contributed by atoms with Crippen molar-refractivity contribution in [1.82, 2.24) is 23.1 Å². The van der Waals surface area contributed by atoms with Crippen LogP contribution in [0.1, 0.15) is 29.7 Å². The lowest BCUT2D eigenvalue weighted by atomic mass is 10.1. The van der Waals surface area contributed by atoms with Gasteiger partial charge in [-0.05, 0) is 32.3 Å². The summed E-state index contributed by atoms with van der Waals surface area (Å²) in [4.78, 5) is 31.0. The minimum Gasteiger partial charge on any atom is -0.376 e. The van der Waals surface area contributed by atoms with Gasteiger partial charge in [-0.15, -0.1) is 0 Å². The highest BCUT2D eigenvalue weighted by Gasteiger charge is 2.23. The third kappa shape index (κ3) is 2.90. The third-order valence-electron chi connectivity index (χ3n) is 6.01. The van der Waals surface area contributed by atoms with Crippen LogP contribution in [0.5, 0.6) is 0 Å². The number of hydrogen-bond donors (Lipinski definition) is 0. The number of imidazole rings is 2. The van der Waals surface area contributed by atoms with E-state index in [0.29, 0.717) is 23.5 Å². The van der Waals surface area contributed by atoms with E-state index in [1.54, 1.807) is 7.05 Å². The van der Waals surface area contributed by atoms with E-state index >= 15 is 0 Å². The molecule has 0 spiro atoms. The van der Waals surface area contributed by atoms with E-state index < -0.39 is 0 Å². The number of benzene rings is 1. The van der Waals surface area contributed by atoms with Crippen molar-refractivity contribution in [2.45, 2.75) is 45.9 Å². The first-order chi connectivity index (χ1) is 14.4. The van der Waals surface area contributed by atoms with Crippen molar-refractivity contribution in [2.24, 2.45) is 7.05 Å². The normalized spacial score (nSPS) is 16.8. The quantitative estimate of drug-likeness (QED) is 0.519. The Labute approximate surface area is 173 Å². The highest BCUT2D eigenvalue weighted by atomic mass is 16.5. The molecule has 0 N–H and O–H groups in total. The maximum Gasteiger partial charge on any atom is 0.332 e. The lowest BCUT2D eigenvalue weighted by Gasteiger charge is -2.11. The highest BCUT2D eigenvalue weighted by Crippen LogP contribution is 2.20. The van der Waals surface area contributed by atoms with E-state index in [2.05, 4.69) is 9.55 Å². The van der Waals surface area contributed by atoms with Gasteiger partial charge in [0.2, 0.25) is 5.78 Å². The summed E-state index contributed by atoms with van der Waals surface area (Å²) in [5.74, 6) is 0.665. The monoisotopic (exact) mass is 407 g/mol. The lowest BCUT2D eigenvalue weighted by molar-refractivity contribution is 0.0974. The fourth-order valence-electron chi connectivity index (χ4n) is 4.29. The van der Waals surface area contributed by atoms with Crippen LogP contribution in [0, 0.1) is 13.8 Å². The van der Waals surface area contributed by atoms with Gasteiger partial charge in [-0.3, -0.25) is 18.3 Å². The summed E-state index contributed by atoms with van der Waals surface area (Å²) < 4.78 is 12.4. The minimum atomic E-state index is -0.365. The van der Waals surface area contributed by atoms with Crippen molar-refractivity contribution in [3.63, 3.8) is 0 Å². The van der Waals surface area contributed by atoms with Gasteiger partial charge in [0.15, 0.2) is 11.2 Å². The molecule has 5 rings (SSSR count). The Morgan fingerprint density at radius 3 is 2.60 bits per heavy atom. The molecular weight excluding hydrogens is 382 g/mol. The average Bonchev–Trinajstić information content (AvgIpc) is 3.43. The topological polar surface area (TPSA) is 75.5 Å². The first-order valence-electron chi connectivity index (χ1n) is 10.3. The molecule has 8 nitrogen and oxygen atoms in total. The molecule has 0 aliphatic carbocycles. The number of ether oxygens (including phenoxy) is 1. The smallest absolute Gasteiger partial charge is 0.332 e. The molecule has 30 heavy (non-hydrogen) atoms. The van der Waals surface area contributed by atoms with Crippen molar-refractivity contribution in [3.05, 3.63) is 68.1 Å². The fourth-order valence-corrected chi connectivity index (χ4v) is 4.29. The molecule has 0 saturated carbocycles. The summed E-state index contributed by atoms with van der Waals surface area (Å²) in [6.45, 7) is 5.72. The first kappa shape index (κ1) is 18.9. The zero-order valence-electron chi connectivity index (χ0n) is 17.5. The molecule has 1 saturated heterocycles. The van der Waals surface area contributed by atoms with Gasteiger partial charge in [0, 0.05) is 25.5 Å². The van der Waals surface area contributed by atoms with Crippen LogP contribution in [0.15, 0.2) is 40.1 Å². The summed E-state index contributed by atoms with van der Waals surface area (Å²) in [5, 5.41) is 0. The molecular formula is C22H25N5O3. The van der Waals surface area contributed by atoms with Crippen LogP contribution in [0.3, 0.4) is 0 Å². The molecule has 156 valence electrons. The number of rotatable bonds is 4. The zero-order chi connectivity index (χ0) is 21.0. The van der Waals surface area contributed by atoms with Crippen LogP contribution in [0.2, 0.25) is 0 Å². The van der Waals surface area contributed by atoms with Crippen molar-refractivity contribution in [1.29, 1.82) is 0 Å². The summed E-state index contributed by atoms with van der Waals surface area (Å²) in [5.41, 5.74) is 3.19. The second kappa shape index (κ2) is 6.98. The molecule has 4 aromatic rings. The number of hydrogen-bond acceptors (Lipinski definition) is 4. The van der Waals surface area contributed by atoms with E-state index in [1.165, 1.54) is 9.13 Å². The maximum atomic E-state index is 13.4. The molecule has 1 unspecified atom stereocenters. The van der Waals surface area contributed by atoms with Crippen molar-refractivity contribution >= 4 is 16.9 Å². The molecule has 0 bridgehead atoms. The number of fused-ring (bicyclic) bond motifs is 3. The van der Waals surface area contributed by atoms with E-state index in [4.69, 9.17) is 4.74 Å².